The molecule has 0 aliphatic carbocycles. The summed E-state index contributed by atoms with van der Waals surface area (Å²) >= 11 is -0.474. The van der Waals surface area contributed by atoms with Crippen molar-refractivity contribution in [1.82, 2.24) is 17.6 Å². The van der Waals surface area contributed by atoms with E-state index in [1.54, 1.807) is 0 Å². The second-order valence-corrected chi connectivity index (χ2v) is 7.05. The van der Waals surface area contributed by atoms with Crippen LogP contribution in [-0.4, -0.2) is 63.4 Å². The summed E-state index contributed by atoms with van der Waals surface area (Å²) in [5, 5.41) is 0. The number of nitrogens with one attached hydrogen (secondary N) is 1. The Kier molecular flexibility index (Phi) is 4.32. The van der Waals surface area contributed by atoms with E-state index in [9.17, 15) is 12.8 Å². The Morgan fingerprint density at radius 3 is 2.68 bits per heavy atom. The molecule has 2 rings (SSSR count). The zero-order valence-electron chi connectivity index (χ0n) is 10.4. The van der Waals surface area contributed by atoms with Crippen molar-refractivity contribution in [3.63, 3.8) is 0 Å². The van der Waals surface area contributed by atoms with Crippen molar-refractivity contribution in [1.29, 1.82) is 0 Å². The number of sulfonamides is 1. The molecule has 0 spiro atoms. The molecule has 1 aromatic heterocycles. The van der Waals surface area contributed by atoms with Crippen LogP contribution in [0.1, 0.15) is 0 Å². The first-order valence-electron chi connectivity index (χ1n) is 5.47. The monoisotopic (exact) mass is 352 g/mol. The number of likely N-dealkylation sites (N-methyl/N-ethyl adjacent to an activating group) is 1. The summed E-state index contributed by atoms with van der Waals surface area (Å²) in [5.41, 5.74) is 0.188. The van der Waals surface area contributed by atoms with Crippen LogP contribution in [0.3, 0.4) is 0 Å². The van der Waals surface area contributed by atoms with Gasteiger partial charge in [-0.15, -0.1) is 0 Å². The fraction of sp³-hybridized carbons (Fsp3) is 0.400. The molecule has 0 aliphatic heterocycles. The zero-order chi connectivity index (χ0) is 14.0. The van der Waals surface area contributed by atoms with Crippen molar-refractivity contribution in [3.05, 3.63) is 17.9 Å². The molecule has 0 saturated heterocycles. The third-order valence-electron chi connectivity index (χ3n) is 2.47. The van der Waals surface area contributed by atoms with Crippen LogP contribution in [-0.2, 0) is 10.0 Å². The quantitative estimate of drug-likeness (QED) is 0.747. The molecule has 0 amide bonds. The van der Waals surface area contributed by atoms with E-state index < -0.39 is 30.8 Å². The van der Waals surface area contributed by atoms with Gasteiger partial charge in [-0.2, -0.15) is 0 Å². The van der Waals surface area contributed by atoms with Crippen LogP contribution in [0.15, 0.2) is 17.0 Å². The minimum atomic E-state index is -3.69. The summed E-state index contributed by atoms with van der Waals surface area (Å²) in [4.78, 5) is 1.85. The number of nitrogens with zero attached hydrogens (tertiary/aromatic N) is 3. The SMILES string of the molecule is CN(C)CCNS(=O)(=O)c1ccc(F)c2n[se]nc12. The third-order valence-corrected chi connectivity index (χ3v) is 5.07. The summed E-state index contributed by atoms with van der Waals surface area (Å²) < 4.78 is 48.1. The van der Waals surface area contributed by atoms with Gasteiger partial charge in [0.05, 0.1) is 0 Å². The van der Waals surface area contributed by atoms with Crippen LogP contribution in [0.4, 0.5) is 4.39 Å². The van der Waals surface area contributed by atoms with E-state index >= 15 is 0 Å². The topological polar surface area (TPSA) is 75.2 Å². The van der Waals surface area contributed by atoms with E-state index in [-0.39, 0.29) is 22.5 Å². The number of aromatic nitrogens is 2. The van der Waals surface area contributed by atoms with E-state index in [1.165, 1.54) is 6.07 Å². The number of halogens is 1. The van der Waals surface area contributed by atoms with Gasteiger partial charge in [-0.05, 0) is 0 Å². The van der Waals surface area contributed by atoms with Gasteiger partial charge >= 0.3 is 116 Å². The van der Waals surface area contributed by atoms with Gasteiger partial charge in [0, 0.05) is 0 Å². The van der Waals surface area contributed by atoms with Crippen molar-refractivity contribution in [2.75, 3.05) is 27.2 Å². The van der Waals surface area contributed by atoms with Crippen LogP contribution in [0, 0.1) is 5.82 Å². The van der Waals surface area contributed by atoms with Gasteiger partial charge in [0.25, 0.3) is 0 Å². The predicted octanol–water partition coefficient (Wildman–Crippen LogP) is -0.334. The summed E-state index contributed by atoms with van der Waals surface area (Å²) in [6, 6.07) is 2.34. The third kappa shape index (κ3) is 3.18. The molecule has 0 unspecified atom stereocenters. The maximum atomic E-state index is 13.5. The second-order valence-electron chi connectivity index (χ2n) is 4.21. The van der Waals surface area contributed by atoms with Gasteiger partial charge < -0.3 is 0 Å². The molecule has 0 fully saturated rings. The second kappa shape index (κ2) is 5.64. The Labute approximate surface area is 116 Å². The molecular weight excluding hydrogens is 338 g/mol. The van der Waals surface area contributed by atoms with E-state index in [0.29, 0.717) is 6.54 Å². The minimum absolute atomic E-state index is 0.00854. The summed E-state index contributed by atoms with van der Waals surface area (Å²) in [7, 11) is 0.0106. The van der Waals surface area contributed by atoms with E-state index in [0.717, 1.165) is 6.07 Å². The molecule has 9 heteroatoms. The van der Waals surface area contributed by atoms with Crippen molar-refractivity contribution in [2.24, 2.45) is 0 Å². The number of fused-ring (bicyclic) bond motifs is 1. The molecule has 1 aromatic carbocycles. The van der Waals surface area contributed by atoms with Gasteiger partial charge in [0.15, 0.2) is 0 Å². The maximum absolute atomic E-state index is 13.5. The Balaban J connectivity index is 2.33. The van der Waals surface area contributed by atoms with E-state index in [4.69, 9.17) is 0 Å². The number of hydrogen-bond acceptors (Lipinski definition) is 5. The summed E-state index contributed by atoms with van der Waals surface area (Å²) in [5.74, 6) is -0.537. The first-order chi connectivity index (χ1) is 8.92. The van der Waals surface area contributed by atoms with Crippen LogP contribution >= 0.6 is 0 Å². The van der Waals surface area contributed by atoms with Gasteiger partial charge in [0.1, 0.15) is 0 Å². The molecular formula is C10H13FN4O2SSe. The van der Waals surface area contributed by atoms with Crippen LogP contribution in [0.5, 0.6) is 0 Å². The van der Waals surface area contributed by atoms with Crippen molar-refractivity contribution >= 4 is 36.0 Å². The first kappa shape index (κ1) is 14.5. The molecule has 0 atom stereocenters. The molecule has 0 aliphatic rings. The first-order valence-corrected chi connectivity index (χ1v) is 8.48. The van der Waals surface area contributed by atoms with Crippen LogP contribution in [0.2, 0.25) is 0 Å². The number of benzene rings is 1. The van der Waals surface area contributed by atoms with Crippen LogP contribution < -0.4 is 4.72 Å². The molecule has 0 radical (unpaired) electrons. The fourth-order valence-electron chi connectivity index (χ4n) is 1.51. The van der Waals surface area contributed by atoms with Crippen molar-refractivity contribution in [3.8, 4) is 0 Å². The predicted molar refractivity (Wildman–Crippen MR) is 70.2 cm³/mol. The van der Waals surface area contributed by atoms with E-state index in [2.05, 4.69) is 12.7 Å². The molecule has 0 bridgehead atoms. The Morgan fingerprint density at radius 1 is 1.32 bits per heavy atom. The Bertz CT molecular complexity index is 686. The van der Waals surface area contributed by atoms with Crippen LogP contribution in [0.25, 0.3) is 11.0 Å². The Hall–Kier alpha value is -0.861. The van der Waals surface area contributed by atoms with Gasteiger partial charge in [-0.3, -0.25) is 0 Å². The standard InChI is InChI=1S/C10H13FN4O2SSe/c1-15(2)6-5-12-18(16,17)8-4-3-7(11)9-10(8)14-19-13-9/h3-4,12H,5-6H2,1-2H3. The Morgan fingerprint density at radius 2 is 2.00 bits per heavy atom. The average Bonchev–Trinajstić information content (AvgIpc) is 2.77. The molecule has 104 valence electrons. The molecule has 0 saturated carbocycles. The average molecular weight is 351 g/mol. The summed E-state index contributed by atoms with van der Waals surface area (Å²) in [6.07, 6.45) is 0. The molecule has 1 N–H and O–H groups in total. The normalized spacial score (nSPS) is 12.4. The molecule has 1 heterocycles. The molecule has 6 nitrogen and oxygen atoms in total. The van der Waals surface area contributed by atoms with Gasteiger partial charge in [-0.1, -0.05) is 0 Å². The van der Waals surface area contributed by atoms with Crippen molar-refractivity contribution in [2.45, 2.75) is 4.90 Å². The van der Waals surface area contributed by atoms with Gasteiger partial charge in [-0.25, -0.2) is 0 Å². The number of hydrogen-bond donors (Lipinski definition) is 1. The van der Waals surface area contributed by atoms with Gasteiger partial charge in [0.2, 0.25) is 0 Å². The number of rotatable bonds is 5. The molecule has 19 heavy (non-hydrogen) atoms. The summed E-state index contributed by atoms with van der Waals surface area (Å²) in [6.45, 7) is 0.859. The zero-order valence-corrected chi connectivity index (χ0v) is 13.0. The molecule has 2 aromatic rings. The van der Waals surface area contributed by atoms with Crippen molar-refractivity contribution < 1.29 is 12.8 Å². The fourth-order valence-corrected chi connectivity index (χ4v) is 3.98. The van der Waals surface area contributed by atoms with E-state index in [1.807, 2.05) is 19.0 Å².